The molecule has 1 aromatic carbocycles. The predicted molar refractivity (Wildman–Crippen MR) is 75.9 cm³/mol. The van der Waals surface area contributed by atoms with Crippen LogP contribution in [0.1, 0.15) is 25.3 Å². The van der Waals surface area contributed by atoms with E-state index >= 15 is 0 Å². The molecule has 0 unspecified atom stereocenters. The summed E-state index contributed by atoms with van der Waals surface area (Å²) < 4.78 is 0. The molecular formula is C15H19N3O. The molecule has 0 heterocycles. The lowest BCUT2D eigenvalue weighted by Crippen LogP contribution is -2.44. The third kappa shape index (κ3) is 5.36. The maximum absolute atomic E-state index is 11.6. The Morgan fingerprint density at radius 2 is 2.16 bits per heavy atom. The van der Waals surface area contributed by atoms with E-state index in [1.165, 1.54) is 0 Å². The summed E-state index contributed by atoms with van der Waals surface area (Å²) in [6.07, 6.45) is 4.83. The highest BCUT2D eigenvalue weighted by Gasteiger charge is 2.15. The number of hydrogen-bond donors (Lipinski definition) is 2. The Hall–Kier alpha value is -2.12. The molecule has 0 aromatic heterocycles. The predicted octanol–water partition coefficient (Wildman–Crippen LogP) is 1.84. The van der Waals surface area contributed by atoms with Crippen LogP contribution in [0, 0.1) is 11.3 Å². The topological polar surface area (TPSA) is 78.9 Å². The van der Waals surface area contributed by atoms with Crippen molar-refractivity contribution in [1.82, 2.24) is 5.32 Å². The summed E-state index contributed by atoms with van der Waals surface area (Å²) in [5.41, 5.74) is 6.67. The first kappa shape index (κ1) is 14.9. The van der Waals surface area contributed by atoms with E-state index in [1.54, 1.807) is 0 Å². The Labute approximate surface area is 113 Å². The van der Waals surface area contributed by atoms with Gasteiger partial charge in [0.15, 0.2) is 0 Å². The monoisotopic (exact) mass is 257 g/mol. The summed E-state index contributed by atoms with van der Waals surface area (Å²) in [6.45, 7) is 1.83. The van der Waals surface area contributed by atoms with Gasteiger partial charge in [-0.3, -0.25) is 4.79 Å². The van der Waals surface area contributed by atoms with Gasteiger partial charge in [0, 0.05) is 0 Å². The zero-order valence-corrected chi connectivity index (χ0v) is 11.0. The Morgan fingerprint density at radius 3 is 2.74 bits per heavy atom. The van der Waals surface area contributed by atoms with Crippen LogP contribution in [0.3, 0.4) is 0 Å². The van der Waals surface area contributed by atoms with E-state index < -0.39 is 12.1 Å². The van der Waals surface area contributed by atoms with Crippen molar-refractivity contribution in [2.24, 2.45) is 5.73 Å². The zero-order chi connectivity index (χ0) is 14.1. The number of nitriles is 1. The first-order valence-corrected chi connectivity index (χ1v) is 6.34. The average molecular weight is 257 g/mol. The highest BCUT2D eigenvalue weighted by Crippen LogP contribution is 2.03. The van der Waals surface area contributed by atoms with Crippen molar-refractivity contribution in [2.75, 3.05) is 0 Å². The Kier molecular flexibility index (Phi) is 6.34. The number of benzene rings is 1. The van der Waals surface area contributed by atoms with Gasteiger partial charge in [-0.05, 0) is 18.4 Å². The van der Waals surface area contributed by atoms with Crippen LogP contribution in [-0.2, 0) is 4.79 Å². The number of amides is 1. The summed E-state index contributed by atoms with van der Waals surface area (Å²) in [5, 5.41) is 11.6. The number of nitrogens with two attached hydrogens (primary N) is 1. The summed E-state index contributed by atoms with van der Waals surface area (Å²) in [6, 6.07) is 10.8. The van der Waals surface area contributed by atoms with Crippen molar-refractivity contribution in [1.29, 1.82) is 5.26 Å². The lowest BCUT2D eigenvalue weighted by Gasteiger charge is -2.13. The van der Waals surface area contributed by atoms with Crippen LogP contribution < -0.4 is 11.1 Å². The van der Waals surface area contributed by atoms with Crippen LogP contribution in [-0.4, -0.2) is 18.0 Å². The fourth-order valence-corrected chi connectivity index (χ4v) is 1.51. The molecule has 2 atom stereocenters. The molecule has 0 aliphatic heterocycles. The quantitative estimate of drug-likeness (QED) is 0.816. The van der Waals surface area contributed by atoms with E-state index in [0.29, 0.717) is 12.8 Å². The van der Waals surface area contributed by atoms with Crippen LogP contribution in [0.2, 0.25) is 0 Å². The fourth-order valence-electron chi connectivity index (χ4n) is 1.51. The molecule has 3 N–H and O–H groups in total. The van der Waals surface area contributed by atoms with Crippen molar-refractivity contribution < 1.29 is 4.79 Å². The molecule has 1 aromatic rings. The molecule has 1 rings (SSSR count). The minimum absolute atomic E-state index is 0.276. The third-order valence-corrected chi connectivity index (χ3v) is 2.73. The molecule has 4 heteroatoms. The van der Waals surface area contributed by atoms with E-state index in [2.05, 4.69) is 11.4 Å². The molecule has 0 bridgehead atoms. The highest BCUT2D eigenvalue weighted by molar-refractivity contribution is 5.82. The van der Waals surface area contributed by atoms with E-state index in [4.69, 9.17) is 11.0 Å². The molecule has 0 aliphatic carbocycles. The summed E-state index contributed by atoms with van der Waals surface area (Å²) in [4.78, 5) is 11.6. The van der Waals surface area contributed by atoms with Crippen LogP contribution >= 0.6 is 0 Å². The SMILES string of the molecule is CC[C@H](N)C(=O)N[C@H](C#N)C/C=C/c1ccccc1. The molecule has 0 aliphatic rings. The number of nitrogens with zero attached hydrogens (tertiary/aromatic N) is 1. The smallest absolute Gasteiger partial charge is 0.237 e. The Morgan fingerprint density at radius 1 is 1.47 bits per heavy atom. The van der Waals surface area contributed by atoms with Gasteiger partial charge in [-0.2, -0.15) is 5.26 Å². The molecule has 19 heavy (non-hydrogen) atoms. The van der Waals surface area contributed by atoms with Crippen molar-refractivity contribution in [3.8, 4) is 6.07 Å². The molecule has 0 fully saturated rings. The van der Waals surface area contributed by atoms with Gasteiger partial charge in [0.1, 0.15) is 6.04 Å². The summed E-state index contributed by atoms with van der Waals surface area (Å²) >= 11 is 0. The average Bonchev–Trinajstić information content (AvgIpc) is 2.46. The van der Waals surface area contributed by atoms with Crippen molar-refractivity contribution in [3.63, 3.8) is 0 Å². The van der Waals surface area contributed by atoms with Crippen molar-refractivity contribution in [3.05, 3.63) is 42.0 Å². The molecule has 4 nitrogen and oxygen atoms in total. The van der Waals surface area contributed by atoms with Crippen molar-refractivity contribution >= 4 is 12.0 Å². The second-order valence-electron chi connectivity index (χ2n) is 4.25. The first-order valence-electron chi connectivity index (χ1n) is 6.34. The Balaban J connectivity index is 2.48. The van der Waals surface area contributed by atoms with Gasteiger partial charge < -0.3 is 11.1 Å². The second kappa shape index (κ2) is 8.06. The minimum Gasteiger partial charge on any atom is -0.339 e. The second-order valence-corrected chi connectivity index (χ2v) is 4.25. The first-order chi connectivity index (χ1) is 9.17. The van der Waals surface area contributed by atoms with E-state index in [9.17, 15) is 4.79 Å². The molecule has 0 saturated carbocycles. The molecule has 0 spiro atoms. The third-order valence-electron chi connectivity index (χ3n) is 2.73. The van der Waals surface area contributed by atoms with Gasteiger partial charge in [0.05, 0.1) is 12.1 Å². The molecule has 0 radical (unpaired) electrons. The maximum atomic E-state index is 11.6. The van der Waals surface area contributed by atoms with Gasteiger partial charge in [0.2, 0.25) is 5.91 Å². The molecular weight excluding hydrogens is 238 g/mol. The summed E-state index contributed by atoms with van der Waals surface area (Å²) in [5.74, 6) is -0.276. The normalized spacial score (nSPS) is 13.7. The van der Waals surface area contributed by atoms with Gasteiger partial charge in [0.25, 0.3) is 0 Å². The van der Waals surface area contributed by atoms with Crippen LogP contribution in [0.25, 0.3) is 6.08 Å². The van der Waals surface area contributed by atoms with Crippen molar-refractivity contribution in [2.45, 2.75) is 31.8 Å². The maximum Gasteiger partial charge on any atom is 0.237 e. The molecule has 0 saturated heterocycles. The number of carbonyl (C=O) groups is 1. The minimum atomic E-state index is -0.547. The number of nitrogens with one attached hydrogen (secondary N) is 1. The van der Waals surface area contributed by atoms with Gasteiger partial charge >= 0.3 is 0 Å². The zero-order valence-electron chi connectivity index (χ0n) is 11.0. The lowest BCUT2D eigenvalue weighted by atomic mass is 10.1. The standard InChI is InChI=1S/C15H19N3O/c1-2-14(17)15(19)18-13(11-16)10-6-9-12-7-4-3-5-8-12/h3-9,13-14H,2,10,17H2,1H3,(H,18,19)/b9-6+/t13-,14-/m0/s1. The highest BCUT2D eigenvalue weighted by atomic mass is 16.2. The fraction of sp³-hybridized carbons (Fsp3) is 0.333. The number of hydrogen-bond acceptors (Lipinski definition) is 3. The Bertz CT molecular complexity index is 462. The van der Waals surface area contributed by atoms with Crippen LogP contribution in [0.15, 0.2) is 36.4 Å². The largest absolute Gasteiger partial charge is 0.339 e. The van der Waals surface area contributed by atoms with Crippen LogP contribution in [0.4, 0.5) is 0 Å². The van der Waals surface area contributed by atoms with Crippen LogP contribution in [0.5, 0.6) is 0 Å². The van der Waals surface area contributed by atoms with E-state index in [0.717, 1.165) is 5.56 Å². The summed E-state index contributed by atoms with van der Waals surface area (Å²) in [7, 11) is 0. The van der Waals surface area contributed by atoms with E-state index in [-0.39, 0.29) is 5.91 Å². The molecule has 1 amide bonds. The lowest BCUT2D eigenvalue weighted by molar-refractivity contribution is -0.122. The van der Waals surface area contributed by atoms with Gasteiger partial charge in [-0.25, -0.2) is 0 Å². The van der Waals surface area contributed by atoms with Gasteiger partial charge in [-0.15, -0.1) is 0 Å². The van der Waals surface area contributed by atoms with Gasteiger partial charge in [-0.1, -0.05) is 49.4 Å². The van der Waals surface area contributed by atoms with E-state index in [1.807, 2.05) is 49.4 Å². The number of rotatable bonds is 6. The number of carbonyl (C=O) groups excluding carboxylic acids is 1. The molecule has 100 valence electrons.